The lowest BCUT2D eigenvalue weighted by molar-refractivity contribution is -0.133. The zero-order chi connectivity index (χ0) is 22.1. The van der Waals surface area contributed by atoms with Crippen molar-refractivity contribution in [2.45, 2.75) is 44.4 Å². The maximum atomic E-state index is 13.6. The molecule has 2 heterocycles. The van der Waals surface area contributed by atoms with E-state index < -0.39 is 0 Å². The van der Waals surface area contributed by atoms with Gasteiger partial charge in [-0.2, -0.15) is 0 Å². The molecule has 6 nitrogen and oxygen atoms in total. The third-order valence-electron chi connectivity index (χ3n) is 7.19. The van der Waals surface area contributed by atoms with E-state index in [1.165, 1.54) is 24.1 Å². The third kappa shape index (κ3) is 4.62. The largest absolute Gasteiger partial charge is 0.353 e. The molecule has 7 heteroatoms. The number of hydrogen-bond acceptors (Lipinski definition) is 5. The Hall–Kier alpha value is -2.18. The Bertz CT molecular complexity index is 953. The van der Waals surface area contributed by atoms with Gasteiger partial charge in [0.1, 0.15) is 12.1 Å². The van der Waals surface area contributed by atoms with Crippen LogP contribution >= 0.6 is 11.6 Å². The van der Waals surface area contributed by atoms with Crippen molar-refractivity contribution in [3.05, 3.63) is 52.4 Å². The number of piperazine rings is 1. The molecule has 1 saturated carbocycles. The van der Waals surface area contributed by atoms with Crippen LogP contribution in [0.25, 0.3) is 0 Å². The minimum Gasteiger partial charge on any atom is -0.353 e. The predicted molar refractivity (Wildman–Crippen MR) is 127 cm³/mol. The first-order valence-electron chi connectivity index (χ1n) is 11.9. The van der Waals surface area contributed by atoms with Crippen molar-refractivity contribution in [1.29, 1.82) is 0 Å². The molecule has 2 aliphatic carbocycles. The summed E-state index contributed by atoms with van der Waals surface area (Å²) >= 11 is 6.10. The molecule has 2 unspecified atom stereocenters. The summed E-state index contributed by atoms with van der Waals surface area (Å²) in [5.74, 6) is 2.40. The first-order valence-corrected chi connectivity index (χ1v) is 12.3. The number of halogens is 1. The molecule has 0 radical (unpaired) electrons. The quantitative estimate of drug-likeness (QED) is 0.693. The van der Waals surface area contributed by atoms with Crippen molar-refractivity contribution in [3.63, 3.8) is 0 Å². The highest BCUT2D eigenvalue weighted by molar-refractivity contribution is 6.30. The summed E-state index contributed by atoms with van der Waals surface area (Å²) in [5.41, 5.74) is 3.55. The maximum absolute atomic E-state index is 13.6. The normalized spacial score (nSPS) is 21.5. The van der Waals surface area contributed by atoms with Gasteiger partial charge in [0, 0.05) is 49.0 Å². The molecule has 1 amide bonds. The van der Waals surface area contributed by atoms with Gasteiger partial charge >= 0.3 is 0 Å². The fourth-order valence-electron chi connectivity index (χ4n) is 5.03. The van der Waals surface area contributed by atoms with E-state index >= 15 is 0 Å². The van der Waals surface area contributed by atoms with Gasteiger partial charge in [-0.3, -0.25) is 4.79 Å². The van der Waals surface area contributed by atoms with Gasteiger partial charge in [0.2, 0.25) is 5.91 Å². The van der Waals surface area contributed by atoms with Crippen molar-refractivity contribution in [3.8, 4) is 0 Å². The van der Waals surface area contributed by atoms with Crippen LogP contribution in [-0.4, -0.2) is 60.0 Å². The van der Waals surface area contributed by atoms with Crippen LogP contribution < -0.4 is 10.2 Å². The number of nitrogens with one attached hydrogen (secondary N) is 1. The van der Waals surface area contributed by atoms with Crippen LogP contribution in [0.2, 0.25) is 5.02 Å². The number of hydrogen-bond donors (Lipinski definition) is 1. The molecule has 0 bridgehead atoms. The van der Waals surface area contributed by atoms with Gasteiger partial charge in [-0.15, -0.1) is 0 Å². The van der Waals surface area contributed by atoms with Crippen LogP contribution in [-0.2, 0) is 11.2 Å². The van der Waals surface area contributed by atoms with Crippen LogP contribution in [0, 0.1) is 5.92 Å². The Morgan fingerprint density at radius 3 is 2.59 bits per heavy atom. The lowest BCUT2D eigenvalue weighted by atomic mass is 9.97. The fraction of sp³-hybridized carbons (Fsp3) is 0.560. The summed E-state index contributed by atoms with van der Waals surface area (Å²) in [6, 6.07) is 7.75. The topological polar surface area (TPSA) is 61.4 Å². The Morgan fingerprint density at radius 2 is 1.88 bits per heavy atom. The van der Waals surface area contributed by atoms with Crippen molar-refractivity contribution < 1.29 is 4.79 Å². The van der Waals surface area contributed by atoms with Gasteiger partial charge in [0.25, 0.3) is 0 Å². The number of amides is 1. The van der Waals surface area contributed by atoms with Crippen LogP contribution in [0.4, 0.5) is 5.82 Å². The molecule has 1 N–H and O–H groups in total. The molecule has 1 aromatic heterocycles. The summed E-state index contributed by atoms with van der Waals surface area (Å²) < 4.78 is 0. The Kier molecular flexibility index (Phi) is 6.33. The van der Waals surface area contributed by atoms with E-state index in [-0.39, 0.29) is 11.8 Å². The number of carbonyl (C=O) groups is 1. The molecule has 2 atom stereocenters. The summed E-state index contributed by atoms with van der Waals surface area (Å²) in [6.07, 6.45) is 6.50. The lowest BCUT2D eigenvalue weighted by Gasteiger charge is -2.38. The molecule has 5 rings (SSSR count). The molecular weight excluding hydrogens is 422 g/mol. The first-order chi connectivity index (χ1) is 15.6. The number of anilines is 1. The number of carbonyl (C=O) groups excluding carboxylic acids is 1. The summed E-state index contributed by atoms with van der Waals surface area (Å²) in [6.45, 7) is 7.01. The van der Waals surface area contributed by atoms with Crippen LogP contribution in [0.1, 0.15) is 54.8 Å². The number of benzene rings is 1. The van der Waals surface area contributed by atoms with E-state index in [4.69, 9.17) is 11.6 Å². The van der Waals surface area contributed by atoms with Gasteiger partial charge in [-0.05, 0) is 61.8 Å². The van der Waals surface area contributed by atoms with Gasteiger partial charge < -0.3 is 15.1 Å². The van der Waals surface area contributed by atoms with E-state index in [0.29, 0.717) is 17.5 Å². The van der Waals surface area contributed by atoms with Gasteiger partial charge in [0.15, 0.2) is 0 Å². The molecule has 1 saturated heterocycles. The van der Waals surface area contributed by atoms with Gasteiger partial charge in [0.05, 0.1) is 5.92 Å². The van der Waals surface area contributed by atoms with Crippen molar-refractivity contribution in [2.24, 2.45) is 5.92 Å². The second-order valence-electron chi connectivity index (χ2n) is 9.52. The zero-order valence-corrected chi connectivity index (χ0v) is 19.5. The average molecular weight is 454 g/mol. The molecule has 2 aromatic rings. The first kappa shape index (κ1) is 21.7. The molecule has 170 valence electrons. The predicted octanol–water partition coefficient (Wildman–Crippen LogP) is 3.61. The summed E-state index contributed by atoms with van der Waals surface area (Å²) in [5, 5.41) is 4.24. The molecular formula is C25H32ClN5O. The highest BCUT2D eigenvalue weighted by Gasteiger charge is 2.32. The van der Waals surface area contributed by atoms with Crippen molar-refractivity contribution in [2.75, 3.05) is 44.2 Å². The van der Waals surface area contributed by atoms with Gasteiger partial charge in [-0.25, -0.2) is 9.97 Å². The standard InChI is InChI=1S/C25H32ClN5O/c1-17-2-9-22-23(17)24(29-16-28-22)30-10-12-31(13-11-30)25(32)21(15-27-14-18-3-4-18)19-5-7-20(26)8-6-19/h5-8,16-18,21,27H,2-4,9-15H2,1H3. The van der Waals surface area contributed by atoms with E-state index in [2.05, 4.69) is 27.1 Å². The smallest absolute Gasteiger partial charge is 0.231 e. The van der Waals surface area contributed by atoms with E-state index in [1.807, 2.05) is 29.2 Å². The van der Waals surface area contributed by atoms with Crippen molar-refractivity contribution in [1.82, 2.24) is 20.2 Å². The van der Waals surface area contributed by atoms with Crippen LogP contribution in [0.15, 0.2) is 30.6 Å². The molecule has 2 fully saturated rings. The number of aromatic nitrogens is 2. The van der Waals surface area contributed by atoms with Crippen LogP contribution in [0.3, 0.4) is 0 Å². The van der Waals surface area contributed by atoms with Gasteiger partial charge in [-0.1, -0.05) is 30.7 Å². The number of nitrogens with zero attached hydrogens (tertiary/aromatic N) is 4. The third-order valence-corrected chi connectivity index (χ3v) is 7.44. The Balaban J connectivity index is 1.26. The highest BCUT2D eigenvalue weighted by atomic mass is 35.5. The molecule has 32 heavy (non-hydrogen) atoms. The molecule has 1 aromatic carbocycles. The molecule has 1 aliphatic heterocycles. The summed E-state index contributed by atoms with van der Waals surface area (Å²) in [4.78, 5) is 27.1. The summed E-state index contributed by atoms with van der Waals surface area (Å²) in [7, 11) is 0. The lowest BCUT2D eigenvalue weighted by Crippen LogP contribution is -2.51. The van der Waals surface area contributed by atoms with E-state index in [0.717, 1.165) is 62.9 Å². The SMILES string of the molecule is CC1CCc2ncnc(N3CCN(C(=O)C(CNCC4CC4)c4ccc(Cl)cc4)CC3)c21. The minimum absolute atomic E-state index is 0.180. The van der Waals surface area contributed by atoms with E-state index in [1.54, 1.807) is 6.33 Å². The molecule has 0 spiro atoms. The minimum atomic E-state index is -0.180. The van der Waals surface area contributed by atoms with E-state index in [9.17, 15) is 4.79 Å². The fourth-order valence-corrected chi connectivity index (χ4v) is 5.16. The average Bonchev–Trinajstić information content (AvgIpc) is 3.57. The Labute approximate surface area is 195 Å². The number of fused-ring (bicyclic) bond motifs is 1. The highest BCUT2D eigenvalue weighted by Crippen LogP contribution is 2.37. The number of rotatable bonds is 7. The van der Waals surface area contributed by atoms with Crippen molar-refractivity contribution >= 4 is 23.3 Å². The monoisotopic (exact) mass is 453 g/mol. The zero-order valence-electron chi connectivity index (χ0n) is 18.8. The maximum Gasteiger partial charge on any atom is 0.231 e. The van der Waals surface area contributed by atoms with Crippen LogP contribution in [0.5, 0.6) is 0 Å². The Morgan fingerprint density at radius 1 is 1.12 bits per heavy atom. The second-order valence-corrected chi connectivity index (χ2v) is 9.95. The molecule has 3 aliphatic rings. The second kappa shape index (κ2) is 9.36. The number of aryl methyl sites for hydroxylation is 1.